The van der Waals surface area contributed by atoms with Gasteiger partial charge in [-0.1, -0.05) is 0 Å². The molecule has 1 unspecified atom stereocenters. The molecular formula is C5H14ClN3O3S. The van der Waals surface area contributed by atoms with Crippen LogP contribution in [-0.4, -0.2) is 42.2 Å². The zero-order chi connectivity index (χ0) is 9.78. The van der Waals surface area contributed by atoms with Crippen LogP contribution in [0.15, 0.2) is 0 Å². The number of halogens is 1. The first kappa shape index (κ1) is 15.1. The number of nitrogens with one attached hydrogen (secondary N) is 2. The topological polar surface area (TPSA) is 82.5 Å². The zero-order valence-corrected chi connectivity index (χ0v) is 9.33. The van der Waals surface area contributed by atoms with E-state index >= 15 is 0 Å². The second-order valence-corrected chi connectivity index (χ2v) is 4.31. The van der Waals surface area contributed by atoms with Gasteiger partial charge in [-0.3, -0.25) is 4.79 Å². The van der Waals surface area contributed by atoms with Crippen LogP contribution in [0.1, 0.15) is 0 Å². The molecule has 0 fully saturated rings. The Kier molecular flexibility index (Phi) is 7.14. The molecule has 0 aliphatic carbocycles. The van der Waals surface area contributed by atoms with Crippen molar-refractivity contribution in [3.05, 3.63) is 0 Å². The van der Waals surface area contributed by atoms with E-state index in [1.807, 2.05) is 0 Å². The van der Waals surface area contributed by atoms with Crippen LogP contribution in [0.3, 0.4) is 0 Å². The molecule has 0 bridgehead atoms. The van der Waals surface area contributed by atoms with E-state index in [4.69, 9.17) is 4.78 Å². The fourth-order valence-corrected chi connectivity index (χ4v) is 0.930. The highest BCUT2D eigenvalue weighted by molar-refractivity contribution is 7.88. The van der Waals surface area contributed by atoms with Crippen LogP contribution in [-0.2, 0) is 19.6 Å². The Morgan fingerprint density at radius 2 is 2.08 bits per heavy atom. The fourth-order valence-electron chi connectivity index (χ4n) is 0.358. The van der Waals surface area contributed by atoms with Gasteiger partial charge < -0.3 is 4.74 Å². The third kappa shape index (κ3) is 5.81. The first-order chi connectivity index (χ1) is 5.40. The van der Waals surface area contributed by atoms with Crippen molar-refractivity contribution in [2.24, 2.45) is 0 Å². The van der Waals surface area contributed by atoms with Crippen molar-refractivity contribution in [2.75, 3.05) is 27.7 Å². The molecule has 1 atom stereocenters. The summed E-state index contributed by atoms with van der Waals surface area (Å²) in [4.78, 5) is 10.6. The van der Waals surface area contributed by atoms with Crippen LogP contribution in [0.2, 0.25) is 0 Å². The Labute approximate surface area is 84.3 Å². The van der Waals surface area contributed by atoms with Gasteiger partial charge in [-0.05, 0) is 0 Å². The van der Waals surface area contributed by atoms with Gasteiger partial charge in [0.05, 0.1) is 7.11 Å². The maximum atomic E-state index is 11.2. The number of ether oxygens (including phenoxy) is 1. The van der Waals surface area contributed by atoms with Crippen molar-refractivity contribution >= 4 is 28.5 Å². The molecule has 0 radical (unpaired) electrons. The van der Waals surface area contributed by atoms with Crippen LogP contribution in [0, 0.1) is 4.78 Å². The number of esters is 1. The lowest BCUT2D eigenvalue weighted by molar-refractivity contribution is -0.139. The summed E-state index contributed by atoms with van der Waals surface area (Å²) in [5.41, 5.74) is 0. The van der Waals surface area contributed by atoms with Gasteiger partial charge in [-0.25, -0.2) is 18.0 Å². The molecular weight excluding hydrogens is 218 g/mol. The molecule has 13 heavy (non-hydrogen) atoms. The Morgan fingerprint density at radius 3 is 2.38 bits per heavy atom. The molecule has 0 rings (SSSR count). The number of rotatable bonds is 4. The summed E-state index contributed by atoms with van der Waals surface area (Å²) >= 11 is 0. The quantitative estimate of drug-likeness (QED) is 0.647. The average Bonchev–Trinajstić information content (AvgIpc) is 2.00. The number of hydrogen-bond donors (Lipinski definition) is 2. The maximum absolute atomic E-state index is 11.2. The molecule has 0 aliphatic heterocycles. The lowest BCUT2D eigenvalue weighted by Gasteiger charge is -2.14. The van der Waals surface area contributed by atoms with Crippen molar-refractivity contribution in [3.63, 3.8) is 0 Å². The minimum Gasteiger partial charge on any atom is -0.468 e. The number of carbonyl (C=O) groups excluding carboxylic acids is 1. The molecule has 2 N–H and O–H groups in total. The number of methoxy groups -OCH3 is 1. The molecule has 0 aromatic rings. The lowest BCUT2D eigenvalue weighted by Crippen LogP contribution is -2.37. The Bertz CT molecular complexity index is 252. The Hall–Kier alpha value is -0.370. The molecule has 8 heteroatoms. The molecule has 0 spiro atoms. The highest BCUT2D eigenvalue weighted by atomic mass is 35.5. The van der Waals surface area contributed by atoms with Crippen LogP contribution < -0.4 is 4.72 Å². The van der Waals surface area contributed by atoms with E-state index in [-0.39, 0.29) is 19.0 Å². The highest BCUT2D eigenvalue weighted by Crippen LogP contribution is 1.88. The molecule has 0 aromatic heterocycles. The van der Waals surface area contributed by atoms with E-state index in [1.165, 1.54) is 25.5 Å². The molecule has 0 amide bonds. The monoisotopic (exact) mass is 231 g/mol. The van der Waals surface area contributed by atoms with Gasteiger partial charge in [0, 0.05) is 14.1 Å². The van der Waals surface area contributed by atoms with Crippen LogP contribution in [0.4, 0.5) is 0 Å². The summed E-state index contributed by atoms with van der Waals surface area (Å²) in [6.07, 6.45) is 0. The molecule has 80 valence electrons. The molecule has 0 heterocycles. The third-order valence-corrected chi connectivity index (χ3v) is 2.72. The predicted octanol–water partition coefficient (Wildman–Crippen LogP) is -0.391. The lowest BCUT2D eigenvalue weighted by atomic mass is 10.7. The second kappa shape index (κ2) is 6.14. The van der Waals surface area contributed by atoms with Crippen LogP contribution in [0.5, 0.6) is 0 Å². The number of nitrogens with zero attached hydrogens (tertiary/aromatic N) is 1. The average molecular weight is 232 g/mol. The standard InChI is InChI=1S/C5H13N3O3S.ClH/c1-8(2)12(6,10)7-4-5(9)11-3;/h4H2,1-3H3,(H2,6,7,10);1H. The smallest absolute Gasteiger partial charge is 0.320 e. The summed E-state index contributed by atoms with van der Waals surface area (Å²) in [5, 5.41) is 0. The first-order valence-corrected chi connectivity index (χ1v) is 4.69. The minimum atomic E-state index is -3.02. The highest BCUT2D eigenvalue weighted by Gasteiger charge is 2.10. The summed E-state index contributed by atoms with van der Waals surface area (Å²) in [6.45, 7) is -0.225. The van der Waals surface area contributed by atoms with Crippen molar-refractivity contribution in [3.8, 4) is 0 Å². The van der Waals surface area contributed by atoms with E-state index in [1.54, 1.807) is 0 Å². The van der Waals surface area contributed by atoms with E-state index in [0.717, 1.165) is 0 Å². The number of hydrogen-bond acceptors (Lipinski definition) is 4. The third-order valence-electron chi connectivity index (χ3n) is 1.15. The SMILES string of the molecule is COC(=O)CNS(=N)(=O)N(C)C.Cl. The van der Waals surface area contributed by atoms with E-state index in [9.17, 15) is 9.00 Å². The summed E-state index contributed by atoms with van der Waals surface area (Å²) < 4.78 is 26.1. The Balaban J connectivity index is 0. The van der Waals surface area contributed by atoms with Gasteiger partial charge in [0.25, 0.3) is 0 Å². The largest absolute Gasteiger partial charge is 0.468 e. The zero-order valence-electron chi connectivity index (χ0n) is 7.70. The van der Waals surface area contributed by atoms with Gasteiger partial charge in [0.1, 0.15) is 6.54 Å². The van der Waals surface area contributed by atoms with Crippen LogP contribution in [0.25, 0.3) is 0 Å². The predicted molar refractivity (Wildman–Crippen MR) is 51.8 cm³/mol. The second-order valence-electron chi connectivity index (χ2n) is 2.24. The van der Waals surface area contributed by atoms with Gasteiger partial charge >= 0.3 is 5.97 Å². The fraction of sp³-hybridized carbons (Fsp3) is 0.800. The van der Waals surface area contributed by atoms with E-state index in [2.05, 4.69) is 9.46 Å². The van der Waals surface area contributed by atoms with Crippen molar-refractivity contribution < 1.29 is 13.7 Å². The summed E-state index contributed by atoms with van der Waals surface area (Å²) in [6, 6.07) is 0. The molecule has 0 saturated heterocycles. The molecule has 6 nitrogen and oxygen atoms in total. The van der Waals surface area contributed by atoms with Crippen LogP contribution >= 0.6 is 12.4 Å². The minimum absolute atomic E-state index is 0. The maximum Gasteiger partial charge on any atom is 0.320 e. The Morgan fingerprint density at radius 1 is 1.62 bits per heavy atom. The van der Waals surface area contributed by atoms with Gasteiger partial charge in [-0.2, -0.15) is 0 Å². The van der Waals surface area contributed by atoms with Crippen molar-refractivity contribution in [1.29, 1.82) is 4.78 Å². The summed E-state index contributed by atoms with van der Waals surface area (Å²) in [7, 11) is 1.18. The number of carbonyl (C=O) groups is 1. The summed E-state index contributed by atoms with van der Waals surface area (Å²) in [5.74, 6) is -0.545. The van der Waals surface area contributed by atoms with Crippen molar-refractivity contribution in [1.82, 2.24) is 9.03 Å². The van der Waals surface area contributed by atoms with Gasteiger partial charge in [-0.15, -0.1) is 12.4 Å². The normalized spacial score (nSPS) is 14.5. The van der Waals surface area contributed by atoms with E-state index < -0.39 is 16.1 Å². The van der Waals surface area contributed by atoms with E-state index in [0.29, 0.717) is 0 Å². The molecule has 0 saturated carbocycles. The van der Waals surface area contributed by atoms with Gasteiger partial charge in [0.15, 0.2) is 10.1 Å². The molecule has 0 aliphatic rings. The van der Waals surface area contributed by atoms with Gasteiger partial charge in [0.2, 0.25) is 0 Å². The molecule has 0 aromatic carbocycles. The van der Waals surface area contributed by atoms with Crippen molar-refractivity contribution in [2.45, 2.75) is 0 Å². The first-order valence-electron chi connectivity index (χ1n) is 3.18.